The van der Waals surface area contributed by atoms with Crippen LogP contribution in [-0.4, -0.2) is 6.04 Å². The van der Waals surface area contributed by atoms with Gasteiger partial charge in [-0.25, -0.2) is 0 Å². The van der Waals surface area contributed by atoms with Crippen molar-refractivity contribution in [2.45, 2.75) is 39.8 Å². The second-order valence-corrected chi connectivity index (χ2v) is 5.29. The molecule has 0 heterocycles. The van der Waals surface area contributed by atoms with E-state index in [4.69, 9.17) is 0 Å². The van der Waals surface area contributed by atoms with Crippen LogP contribution < -0.4 is 5.32 Å². The van der Waals surface area contributed by atoms with E-state index in [0.717, 1.165) is 13.0 Å². The third kappa shape index (κ3) is 3.93. The highest BCUT2D eigenvalue weighted by molar-refractivity contribution is 5.64. The van der Waals surface area contributed by atoms with Gasteiger partial charge in [0.15, 0.2) is 0 Å². The van der Waals surface area contributed by atoms with Gasteiger partial charge < -0.3 is 5.32 Å². The van der Waals surface area contributed by atoms with Gasteiger partial charge in [0.25, 0.3) is 0 Å². The highest BCUT2D eigenvalue weighted by atomic mass is 14.9. The molecule has 19 heavy (non-hydrogen) atoms. The molecule has 100 valence electrons. The number of benzene rings is 2. The molecule has 0 saturated heterocycles. The van der Waals surface area contributed by atoms with Gasteiger partial charge in [-0.3, -0.25) is 0 Å². The standard InChI is InChI=1S/C18H23N/c1-4-15-6-5-7-18(12-15)17-10-8-16(9-11-17)13-19-14(2)3/h5-12,14,19H,4,13H2,1-3H3. The fraction of sp³-hybridized carbons (Fsp3) is 0.333. The molecule has 0 aliphatic heterocycles. The Morgan fingerprint density at radius 2 is 1.63 bits per heavy atom. The monoisotopic (exact) mass is 253 g/mol. The predicted octanol–water partition coefficient (Wildman–Crippen LogP) is 4.41. The van der Waals surface area contributed by atoms with E-state index < -0.39 is 0 Å². The molecule has 0 radical (unpaired) electrons. The highest BCUT2D eigenvalue weighted by Gasteiger charge is 2.00. The quantitative estimate of drug-likeness (QED) is 0.832. The molecular formula is C18H23N. The molecule has 1 heteroatoms. The molecule has 2 aromatic carbocycles. The third-order valence-electron chi connectivity index (χ3n) is 3.34. The number of hydrogen-bond donors (Lipinski definition) is 1. The first-order valence-electron chi connectivity index (χ1n) is 7.10. The van der Waals surface area contributed by atoms with Crippen molar-refractivity contribution in [1.82, 2.24) is 5.32 Å². The predicted molar refractivity (Wildman–Crippen MR) is 83.2 cm³/mol. The van der Waals surface area contributed by atoms with Crippen molar-refractivity contribution in [2.75, 3.05) is 0 Å². The summed E-state index contributed by atoms with van der Waals surface area (Å²) >= 11 is 0. The average Bonchev–Trinajstić information content (AvgIpc) is 2.45. The van der Waals surface area contributed by atoms with Gasteiger partial charge in [-0.15, -0.1) is 0 Å². The van der Waals surface area contributed by atoms with Crippen molar-refractivity contribution in [1.29, 1.82) is 0 Å². The van der Waals surface area contributed by atoms with Gasteiger partial charge in [0.1, 0.15) is 0 Å². The van der Waals surface area contributed by atoms with Gasteiger partial charge in [0.2, 0.25) is 0 Å². The zero-order valence-electron chi connectivity index (χ0n) is 12.1. The fourth-order valence-electron chi connectivity index (χ4n) is 2.11. The van der Waals surface area contributed by atoms with Crippen LogP contribution in [0.1, 0.15) is 31.9 Å². The molecule has 0 fully saturated rings. The van der Waals surface area contributed by atoms with Crippen LogP contribution in [0.3, 0.4) is 0 Å². The lowest BCUT2D eigenvalue weighted by Gasteiger charge is -2.09. The van der Waals surface area contributed by atoms with Gasteiger partial charge in [-0.1, -0.05) is 69.3 Å². The van der Waals surface area contributed by atoms with E-state index in [1.54, 1.807) is 0 Å². The van der Waals surface area contributed by atoms with Gasteiger partial charge in [0.05, 0.1) is 0 Å². The first kappa shape index (κ1) is 13.8. The van der Waals surface area contributed by atoms with Crippen molar-refractivity contribution in [2.24, 2.45) is 0 Å². The summed E-state index contributed by atoms with van der Waals surface area (Å²) in [6, 6.07) is 18.2. The van der Waals surface area contributed by atoms with Crippen LogP contribution in [0.25, 0.3) is 11.1 Å². The Bertz CT molecular complexity index is 511. The number of aryl methyl sites for hydroxylation is 1. The third-order valence-corrected chi connectivity index (χ3v) is 3.34. The molecule has 0 amide bonds. The maximum atomic E-state index is 3.44. The Morgan fingerprint density at radius 1 is 0.895 bits per heavy atom. The molecule has 2 rings (SSSR count). The molecule has 1 N–H and O–H groups in total. The van der Waals surface area contributed by atoms with Crippen LogP contribution in [0.2, 0.25) is 0 Å². The average molecular weight is 253 g/mol. The van der Waals surface area contributed by atoms with Crippen molar-refractivity contribution in [3.05, 3.63) is 59.7 Å². The molecule has 2 aromatic rings. The van der Waals surface area contributed by atoms with E-state index in [0.29, 0.717) is 6.04 Å². The summed E-state index contributed by atoms with van der Waals surface area (Å²) in [5.41, 5.74) is 5.33. The lowest BCUT2D eigenvalue weighted by molar-refractivity contribution is 0.589. The molecule has 0 spiro atoms. The van der Waals surface area contributed by atoms with Gasteiger partial charge >= 0.3 is 0 Å². The van der Waals surface area contributed by atoms with Gasteiger partial charge in [-0.05, 0) is 28.7 Å². The van der Waals surface area contributed by atoms with Crippen LogP contribution in [0.4, 0.5) is 0 Å². The molecule has 0 bridgehead atoms. The molecule has 1 nitrogen and oxygen atoms in total. The lowest BCUT2D eigenvalue weighted by atomic mass is 10.0. The van der Waals surface area contributed by atoms with Crippen molar-refractivity contribution < 1.29 is 0 Å². The van der Waals surface area contributed by atoms with E-state index >= 15 is 0 Å². The summed E-state index contributed by atoms with van der Waals surface area (Å²) in [6.07, 6.45) is 1.09. The Hall–Kier alpha value is -1.60. The molecule has 0 aliphatic carbocycles. The lowest BCUT2D eigenvalue weighted by Crippen LogP contribution is -2.21. The smallest absolute Gasteiger partial charge is 0.0207 e. The number of hydrogen-bond acceptors (Lipinski definition) is 1. The Balaban J connectivity index is 2.13. The minimum atomic E-state index is 0.529. The Kier molecular flexibility index (Phi) is 4.75. The zero-order chi connectivity index (χ0) is 13.7. The van der Waals surface area contributed by atoms with Crippen LogP contribution in [0.5, 0.6) is 0 Å². The van der Waals surface area contributed by atoms with E-state index in [2.05, 4.69) is 74.6 Å². The Morgan fingerprint density at radius 3 is 2.26 bits per heavy atom. The SMILES string of the molecule is CCc1cccc(-c2ccc(CNC(C)C)cc2)c1. The summed E-state index contributed by atoms with van der Waals surface area (Å²) in [6.45, 7) is 7.47. The minimum Gasteiger partial charge on any atom is -0.310 e. The van der Waals surface area contributed by atoms with Crippen molar-refractivity contribution in [3.8, 4) is 11.1 Å². The van der Waals surface area contributed by atoms with Crippen molar-refractivity contribution in [3.63, 3.8) is 0 Å². The summed E-state index contributed by atoms with van der Waals surface area (Å²) in [7, 11) is 0. The zero-order valence-corrected chi connectivity index (χ0v) is 12.1. The van der Waals surface area contributed by atoms with E-state index in [1.807, 2.05) is 0 Å². The summed E-state index contributed by atoms with van der Waals surface area (Å²) in [5, 5.41) is 3.44. The maximum Gasteiger partial charge on any atom is 0.0207 e. The van der Waals surface area contributed by atoms with Crippen LogP contribution in [0.15, 0.2) is 48.5 Å². The van der Waals surface area contributed by atoms with Crippen LogP contribution >= 0.6 is 0 Å². The second-order valence-electron chi connectivity index (χ2n) is 5.29. The van der Waals surface area contributed by atoms with E-state index in [9.17, 15) is 0 Å². The van der Waals surface area contributed by atoms with Gasteiger partial charge in [0, 0.05) is 12.6 Å². The first-order valence-corrected chi connectivity index (χ1v) is 7.10. The molecule has 0 atom stereocenters. The normalized spacial score (nSPS) is 10.9. The number of nitrogens with one attached hydrogen (secondary N) is 1. The molecular weight excluding hydrogens is 230 g/mol. The van der Waals surface area contributed by atoms with Crippen molar-refractivity contribution >= 4 is 0 Å². The second kappa shape index (κ2) is 6.53. The van der Waals surface area contributed by atoms with Gasteiger partial charge in [-0.2, -0.15) is 0 Å². The molecule has 0 saturated carbocycles. The van der Waals surface area contributed by atoms with Crippen LogP contribution in [0, 0.1) is 0 Å². The Labute approximate surface area is 116 Å². The number of rotatable bonds is 5. The molecule has 0 aliphatic rings. The van der Waals surface area contributed by atoms with E-state index in [1.165, 1.54) is 22.3 Å². The summed E-state index contributed by atoms with van der Waals surface area (Å²) in [4.78, 5) is 0. The van der Waals surface area contributed by atoms with E-state index in [-0.39, 0.29) is 0 Å². The van der Waals surface area contributed by atoms with Crippen LogP contribution in [-0.2, 0) is 13.0 Å². The molecule has 0 aromatic heterocycles. The minimum absolute atomic E-state index is 0.529. The summed E-state index contributed by atoms with van der Waals surface area (Å²) < 4.78 is 0. The highest BCUT2D eigenvalue weighted by Crippen LogP contribution is 2.21. The topological polar surface area (TPSA) is 12.0 Å². The molecule has 0 unspecified atom stereocenters. The summed E-state index contributed by atoms with van der Waals surface area (Å²) in [5.74, 6) is 0. The maximum absolute atomic E-state index is 3.44. The largest absolute Gasteiger partial charge is 0.310 e. The fourth-order valence-corrected chi connectivity index (χ4v) is 2.11. The first-order chi connectivity index (χ1) is 9.19.